The summed E-state index contributed by atoms with van der Waals surface area (Å²) in [5, 5.41) is 12.1. The summed E-state index contributed by atoms with van der Waals surface area (Å²) in [7, 11) is 0. The molecule has 2 unspecified atom stereocenters. The minimum atomic E-state index is -0.853. The molecular weight excluding hydrogens is 514 g/mol. The van der Waals surface area contributed by atoms with Gasteiger partial charge in [0.05, 0.1) is 22.6 Å². The molecule has 4 aliphatic heterocycles. The van der Waals surface area contributed by atoms with Crippen LogP contribution in [0.15, 0.2) is 24.5 Å². The predicted molar refractivity (Wildman–Crippen MR) is 148 cm³/mol. The first-order valence-corrected chi connectivity index (χ1v) is 14.3. The normalized spacial score (nSPS) is 28.2. The van der Waals surface area contributed by atoms with E-state index in [-0.39, 0.29) is 29.4 Å². The number of rotatable bonds is 5. The molecule has 0 aliphatic carbocycles. The van der Waals surface area contributed by atoms with Crippen LogP contribution in [0.2, 0.25) is 0 Å². The summed E-state index contributed by atoms with van der Waals surface area (Å²) in [6, 6.07) is 4.78. The lowest BCUT2D eigenvalue weighted by molar-refractivity contribution is 0.107. The summed E-state index contributed by atoms with van der Waals surface area (Å²) in [6.07, 6.45) is 7.10. The lowest BCUT2D eigenvalue weighted by Crippen LogP contribution is -2.51. The number of nitrogens with one attached hydrogen (secondary N) is 2. The Bertz CT molecular complexity index is 1610. The van der Waals surface area contributed by atoms with Gasteiger partial charge in [-0.1, -0.05) is 0 Å². The number of anilines is 1. The Morgan fingerprint density at radius 1 is 1.10 bits per heavy atom. The van der Waals surface area contributed by atoms with Gasteiger partial charge in [-0.15, -0.1) is 0 Å². The number of benzene rings is 1. The molecule has 9 nitrogen and oxygen atoms in total. The molecule has 0 radical (unpaired) electrons. The van der Waals surface area contributed by atoms with Crippen molar-refractivity contribution >= 4 is 27.6 Å². The number of halogens is 2. The van der Waals surface area contributed by atoms with Gasteiger partial charge in [-0.25, -0.2) is 8.78 Å². The molecule has 4 aliphatic rings. The minimum Gasteiger partial charge on any atom is -0.461 e. The highest BCUT2D eigenvalue weighted by Gasteiger charge is 2.49. The monoisotopic (exact) mass is 546 g/mol. The molecule has 8 rings (SSSR count). The van der Waals surface area contributed by atoms with E-state index < -0.39 is 12.0 Å². The van der Waals surface area contributed by atoms with Crippen molar-refractivity contribution in [2.24, 2.45) is 0 Å². The topological polar surface area (TPSA) is 95.1 Å². The number of pyridine rings is 1. The van der Waals surface area contributed by atoms with Crippen molar-refractivity contribution < 1.29 is 13.5 Å². The molecule has 0 saturated carbocycles. The van der Waals surface area contributed by atoms with Crippen molar-refractivity contribution in [3.8, 4) is 17.3 Å². The van der Waals surface area contributed by atoms with Gasteiger partial charge in [0.2, 0.25) is 0 Å². The van der Waals surface area contributed by atoms with E-state index in [1.165, 1.54) is 0 Å². The molecule has 208 valence electrons. The fraction of sp³-hybridized carbons (Fsp3) is 0.517. The van der Waals surface area contributed by atoms with Crippen LogP contribution in [0.5, 0.6) is 6.01 Å². The molecule has 4 aromatic rings. The lowest BCUT2D eigenvalue weighted by atomic mass is 9.95. The van der Waals surface area contributed by atoms with Gasteiger partial charge in [0, 0.05) is 55.3 Å². The Morgan fingerprint density at radius 3 is 2.80 bits per heavy atom. The molecule has 11 heteroatoms. The van der Waals surface area contributed by atoms with Crippen LogP contribution < -0.4 is 15.0 Å². The van der Waals surface area contributed by atoms with Crippen LogP contribution in [0.25, 0.3) is 33.1 Å². The van der Waals surface area contributed by atoms with Crippen molar-refractivity contribution in [2.75, 3.05) is 37.7 Å². The molecule has 40 heavy (non-hydrogen) atoms. The molecule has 7 heterocycles. The number of fused-ring (bicyclic) bond motifs is 5. The number of piperazine rings is 1. The summed E-state index contributed by atoms with van der Waals surface area (Å²) in [4.78, 5) is 18.5. The molecule has 0 spiro atoms. The van der Waals surface area contributed by atoms with Gasteiger partial charge in [-0.05, 0) is 56.8 Å². The summed E-state index contributed by atoms with van der Waals surface area (Å²) < 4.78 is 37.1. The Labute approximate surface area is 230 Å². The zero-order valence-corrected chi connectivity index (χ0v) is 22.5. The third kappa shape index (κ3) is 3.85. The number of alkyl halides is 1. The van der Waals surface area contributed by atoms with Crippen LogP contribution in [0.3, 0.4) is 0 Å². The predicted octanol–water partition coefficient (Wildman–Crippen LogP) is 3.91. The van der Waals surface area contributed by atoms with Crippen LogP contribution in [0.4, 0.5) is 14.6 Å². The number of aryl methyl sites for hydroxylation is 1. The molecule has 3 aromatic heterocycles. The van der Waals surface area contributed by atoms with Crippen LogP contribution >= 0.6 is 0 Å². The Balaban J connectivity index is 1.24. The van der Waals surface area contributed by atoms with Gasteiger partial charge >= 0.3 is 6.01 Å². The van der Waals surface area contributed by atoms with Crippen molar-refractivity contribution in [1.29, 1.82) is 0 Å². The van der Waals surface area contributed by atoms with E-state index in [9.17, 15) is 4.39 Å². The van der Waals surface area contributed by atoms with E-state index in [1.54, 1.807) is 12.4 Å². The Morgan fingerprint density at radius 2 is 1.95 bits per heavy atom. The standard InChI is InChI=1S/C29H32F2N8O/c1-16-7-20(21-11-33-37-23(21)8-16)25-24(31)26-22(10-32-25)27(38-13-18-3-4-19(14-38)34-18)36-28(35-26)40-15-29-5-2-6-39(29)12-17(30)9-29/h7-8,10-11,17-19,34H,2-6,9,12-15H2,1H3,(H,33,37)/t17-,18?,19?,29+/m1/s1. The lowest BCUT2D eigenvalue weighted by Gasteiger charge is -2.34. The first kappa shape index (κ1) is 24.4. The average Bonchev–Trinajstić information content (AvgIpc) is 3.70. The average molecular weight is 547 g/mol. The SMILES string of the molecule is Cc1cc(-c2ncc3c(N4CC5CCC(C4)N5)nc(OC[C@@]45CCCN4C[C@H](F)C5)nc3c2F)c2cn[nH]c2c1. The van der Waals surface area contributed by atoms with E-state index >= 15 is 4.39 Å². The summed E-state index contributed by atoms with van der Waals surface area (Å²) >= 11 is 0. The molecule has 2 N–H and O–H groups in total. The third-order valence-corrected chi connectivity index (χ3v) is 9.35. The first-order valence-electron chi connectivity index (χ1n) is 14.3. The molecule has 4 saturated heterocycles. The second-order valence-electron chi connectivity index (χ2n) is 12.1. The van der Waals surface area contributed by atoms with Crippen LogP contribution in [-0.4, -0.2) is 86.6 Å². The molecule has 4 atom stereocenters. The summed E-state index contributed by atoms with van der Waals surface area (Å²) in [5.74, 6) is 0.132. The number of H-pyrrole nitrogens is 1. The van der Waals surface area contributed by atoms with Crippen molar-refractivity contribution in [1.82, 2.24) is 35.4 Å². The number of hydrogen-bond acceptors (Lipinski definition) is 8. The zero-order valence-electron chi connectivity index (χ0n) is 22.5. The second-order valence-corrected chi connectivity index (χ2v) is 12.1. The number of aromatic nitrogens is 5. The smallest absolute Gasteiger partial charge is 0.319 e. The van der Waals surface area contributed by atoms with Crippen molar-refractivity contribution in [3.63, 3.8) is 0 Å². The first-order chi connectivity index (χ1) is 19.5. The zero-order chi connectivity index (χ0) is 27.0. The van der Waals surface area contributed by atoms with Gasteiger partial charge in [0.15, 0.2) is 5.82 Å². The number of nitrogens with zero attached hydrogens (tertiary/aromatic N) is 6. The van der Waals surface area contributed by atoms with E-state index in [0.29, 0.717) is 41.8 Å². The quantitative estimate of drug-likeness (QED) is 0.389. The largest absolute Gasteiger partial charge is 0.461 e. The number of aromatic amines is 1. The molecule has 2 bridgehead atoms. The molecule has 0 amide bonds. The van der Waals surface area contributed by atoms with E-state index in [1.807, 2.05) is 19.1 Å². The molecule has 1 aromatic carbocycles. The highest BCUT2D eigenvalue weighted by molar-refractivity contribution is 5.98. The molecular formula is C29H32F2N8O. The highest BCUT2D eigenvalue weighted by Crippen LogP contribution is 2.41. The minimum absolute atomic E-state index is 0.130. The maximum absolute atomic E-state index is 16.5. The third-order valence-electron chi connectivity index (χ3n) is 9.35. The highest BCUT2D eigenvalue weighted by atomic mass is 19.1. The van der Waals surface area contributed by atoms with Crippen LogP contribution in [0.1, 0.15) is 37.7 Å². The Hall–Kier alpha value is -3.44. The van der Waals surface area contributed by atoms with Gasteiger partial charge < -0.3 is 15.0 Å². The molecule has 4 fully saturated rings. The van der Waals surface area contributed by atoms with E-state index in [2.05, 4.69) is 35.3 Å². The maximum Gasteiger partial charge on any atom is 0.319 e. The fourth-order valence-electron chi connectivity index (χ4n) is 7.52. The van der Waals surface area contributed by atoms with Gasteiger partial charge in [-0.2, -0.15) is 15.1 Å². The van der Waals surface area contributed by atoms with E-state index in [4.69, 9.17) is 9.72 Å². The number of hydrogen-bond donors (Lipinski definition) is 2. The van der Waals surface area contributed by atoms with Crippen LogP contribution in [-0.2, 0) is 0 Å². The van der Waals surface area contributed by atoms with E-state index in [0.717, 1.165) is 61.8 Å². The van der Waals surface area contributed by atoms with Crippen molar-refractivity contribution in [3.05, 3.63) is 35.9 Å². The Kier molecular flexibility index (Phi) is 5.50. The summed E-state index contributed by atoms with van der Waals surface area (Å²) in [5.41, 5.74) is 2.51. The van der Waals surface area contributed by atoms with Crippen LogP contribution in [0, 0.1) is 12.7 Å². The maximum atomic E-state index is 16.5. The summed E-state index contributed by atoms with van der Waals surface area (Å²) in [6.45, 7) is 5.13. The van der Waals surface area contributed by atoms with Gasteiger partial charge in [0.25, 0.3) is 0 Å². The number of ether oxygens (including phenoxy) is 1. The van der Waals surface area contributed by atoms with Gasteiger partial charge in [-0.3, -0.25) is 15.0 Å². The fourth-order valence-corrected chi connectivity index (χ4v) is 7.52. The van der Waals surface area contributed by atoms with Gasteiger partial charge in [0.1, 0.15) is 29.8 Å². The van der Waals surface area contributed by atoms with Crippen molar-refractivity contribution in [2.45, 2.75) is 62.8 Å². The second kappa shape index (κ2) is 9.04.